The summed E-state index contributed by atoms with van der Waals surface area (Å²) in [5.74, 6) is -2.88. The molecule has 1 saturated heterocycles. The molecule has 2 aromatic carbocycles. The maximum atomic E-state index is 13.1. The van der Waals surface area contributed by atoms with E-state index < -0.39 is 30.3 Å². The highest BCUT2D eigenvalue weighted by atomic mass is 35.5. The number of hydrogen-bond donors (Lipinski definition) is 1. The lowest BCUT2D eigenvalue weighted by Crippen LogP contribution is -2.37. The number of fused-ring (bicyclic) bond motifs is 5. The van der Waals surface area contributed by atoms with Gasteiger partial charge < -0.3 is 10.1 Å². The molecule has 1 aliphatic heterocycles. The van der Waals surface area contributed by atoms with Gasteiger partial charge in [0.05, 0.1) is 33.8 Å². The van der Waals surface area contributed by atoms with Crippen molar-refractivity contribution in [3.05, 3.63) is 59.1 Å². The number of rotatable bonds is 5. The second-order valence-electron chi connectivity index (χ2n) is 8.70. The number of ether oxygens (including phenoxy) is 1. The SMILES string of the molecule is O=C(COC(=O)c1ccc(N2C(=O)[C@@H]3[C@H]4C[C@@H]([C@H](Cl)[C@H]4Cl)[C@H]3C2=O)cc1)Nc1cccc(Cl)c1. The minimum atomic E-state index is -0.711. The number of amides is 3. The largest absolute Gasteiger partial charge is 0.452 e. The van der Waals surface area contributed by atoms with E-state index >= 15 is 0 Å². The van der Waals surface area contributed by atoms with Crippen molar-refractivity contribution >= 4 is 69.9 Å². The van der Waals surface area contributed by atoms with E-state index in [4.69, 9.17) is 39.5 Å². The molecule has 0 aromatic heterocycles. The molecule has 7 nitrogen and oxygen atoms in total. The third-order valence-electron chi connectivity index (χ3n) is 6.79. The summed E-state index contributed by atoms with van der Waals surface area (Å²) in [6.45, 7) is -0.485. The number of nitrogens with one attached hydrogen (secondary N) is 1. The van der Waals surface area contributed by atoms with Gasteiger partial charge in [-0.25, -0.2) is 4.79 Å². The molecule has 34 heavy (non-hydrogen) atoms. The molecule has 10 heteroatoms. The van der Waals surface area contributed by atoms with E-state index in [0.29, 0.717) is 22.8 Å². The Hall–Kier alpha value is -2.61. The van der Waals surface area contributed by atoms with Crippen molar-refractivity contribution in [2.24, 2.45) is 23.7 Å². The molecule has 0 unspecified atom stereocenters. The zero-order valence-electron chi connectivity index (χ0n) is 17.6. The second kappa shape index (κ2) is 8.87. The van der Waals surface area contributed by atoms with Gasteiger partial charge in [0.2, 0.25) is 11.8 Å². The summed E-state index contributed by atoms with van der Waals surface area (Å²) in [5, 5.41) is 2.40. The average Bonchev–Trinajstić information content (AvgIpc) is 3.42. The topological polar surface area (TPSA) is 92.8 Å². The minimum absolute atomic E-state index is 0.104. The van der Waals surface area contributed by atoms with Crippen molar-refractivity contribution in [1.29, 1.82) is 0 Å². The lowest BCUT2D eigenvalue weighted by Gasteiger charge is -2.28. The quantitative estimate of drug-likeness (QED) is 0.363. The van der Waals surface area contributed by atoms with Crippen LogP contribution < -0.4 is 10.2 Å². The first-order valence-corrected chi connectivity index (χ1v) is 12.0. The number of esters is 1. The fourth-order valence-corrected chi connectivity index (χ4v) is 6.41. The molecule has 176 valence electrons. The number of carbonyl (C=O) groups excluding carboxylic acids is 4. The first-order chi connectivity index (χ1) is 16.3. The molecule has 3 aliphatic rings. The Morgan fingerprint density at radius 2 is 1.59 bits per heavy atom. The fourth-order valence-electron chi connectivity index (χ4n) is 5.33. The van der Waals surface area contributed by atoms with Gasteiger partial charge in [-0.2, -0.15) is 0 Å². The van der Waals surface area contributed by atoms with Gasteiger partial charge in [-0.1, -0.05) is 17.7 Å². The van der Waals surface area contributed by atoms with Crippen LogP contribution in [0.5, 0.6) is 0 Å². The molecular formula is C24H19Cl3N2O5. The van der Waals surface area contributed by atoms with Gasteiger partial charge in [0.15, 0.2) is 6.61 Å². The van der Waals surface area contributed by atoms with Crippen LogP contribution in [0.25, 0.3) is 0 Å². The first kappa shape index (κ1) is 23.1. The Balaban J connectivity index is 1.22. The highest BCUT2D eigenvalue weighted by Crippen LogP contribution is 2.59. The number of anilines is 2. The molecule has 3 fully saturated rings. The fraction of sp³-hybridized carbons (Fsp3) is 0.333. The Kier molecular flexibility index (Phi) is 6.04. The molecular weight excluding hydrogens is 503 g/mol. The van der Waals surface area contributed by atoms with E-state index in [1.807, 2.05) is 0 Å². The Labute approximate surface area is 210 Å². The van der Waals surface area contributed by atoms with Crippen molar-refractivity contribution in [2.75, 3.05) is 16.8 Å². The van der Waals surface area contributed by atoms with Crippen LogP contribution in [0.15, 0.2) is 48.5 Å². The molecule has 2 aromatic rings. The maximum Gasteiger partial charge on any atom is 0.338 e. The third kappa shape index (κ3) is 3.85. The van der Waals surface area contributed by atoms with Crippen LogP contribution in [0.3, 0.4) is 0 Å². The summed E-state index contributed by atoms with van der Waals surface area (Å²) in [7, 11) is 0. The van der Waals surface area contributed by atoms with E-state index in [9.17, 15) is 19.2 Å². The van der Waals surface area contributed by atoms with E-state index in [-0.39, 0.29) is 40.0 Å². The van der Waals surface area contributed by atoms with E-state index in [2.05, 4.69) is 5.32 Å². The number of halogens is 3. The van der Waals surface area contributed by atoms with Gasteiger partial charge >= 0.3 is 5.97 Å². The number of imide groups is 1. The van der Waals surface area contributed by atoms with Gasteiger partial charge in [0.1, 0.15) is 0 Å². The normalized spacial score (nSPS) is 29.3. The Morgan fingerprint density at radius 3 is 2.18 bits per heavy atom. The molecule has 2 saturated carbocycles. The van der Waals surface area contributed by atoms with Crippen molar-refractivity contribution in [3.8, 4) is 0 Å². The number of hydrogen-bond acceptors (Lipinski definition) is 5. The average molecular weight is 522 g/mol. The second-order valence-corrected chi connectivity index (χ2v) is 10.1. The van der Waals surface area contributed by atoms with Crippen molar-refractivity contribution in [2.45, 2.75) is 17.2 Å². The van der Waals surface area contributed by atoms with Crippen molar-refractivity contribution in [1.82, 2.24) is 0 Å². The number of benzene rings is 2. The van der Waals surface area contributed by atoms with Gasteiger partial charge in [-0.05, 0) is 60.7 Å². The van der Waals surface area contributed by atoms with Gasteiger partial charge in [0, 0.05) is 10.7 Å². The molecule has 3 amide bonds. The summed E-state index contributed by atoms with van der Waals surface area (Å²) in [5.41, 5.74) is 1.04. The number of nitrogens with zero attached hydrogens (tertiary/aromatic N) is 1. The minimum Gasteiger partial charge on any atom is -0.452 e. The lowest BCUT2D eigenvalue weighted by atomic mass is 9.80. The standard InChI is InChI=1S/C24H19Cl3N2O5/c25-12-2-1-3-13(8-12)28-17(30)10-34-24(33)11-4-6-14(7-5-11)29-22(31)18-15-9-16(19(18)23(29)32)21(27)20(15)26/h1-8,15-16,18-21H,9-10H2,(H,28,30)/t15-,16-,18-,19-,20+,21+/m1/s1. The first-order valence-electron chi connectivity index (χ1n) is 10.7. The summed E-state index contributed by atoms with van der Waals surface area (Å²) in [4.78, 5) is 51.7. The summed E-state index contributed by atoms with van der Waals surface area (Å²) >= 11 is 18.7. The van der Waals surface area contributed by atoms with Crippen LogP contribution in [0.4, 0.5) is 11.4 Å². The van der Waals surface area contributed by atoms with Crippen LogP contribution in [0.1, 0.15) is 16.8 Å². The molecule has 2 bridgehead atoms. The Bertz CT molecular complexity index is 1160. The van der Waals surface area contributed by atoms with E-state index in [1.54, 1.807) is 24.3 Å². The van der Waals surface area contributed by atoms with Crippen LogP contribution in [0.2, 0.25) is 5.02 Å². The summed E-state index contributed by atoms with van der Waals surface area (Å²) in [6, 6.07) is 12.5. The molecule has 1 heterocycles. The molecule has 2 aliphatic carbocycles. The lowest BCUT2D eigenvalue weighted by molar-refractivity contribution is -0.123. The smallest absolute Gasteiger partial charge is 0.338 e. The van der Waals surface area contributed by atoms with Gasteiger partial charge in [-0.3, -0.25) is 19.3 Å². The van der Waals surface area contributed by atoms with Crippen molar-refractivity contribution < 1.29 is 23.9 Å². The molecule has 0 radical (unpaired) electrons. The maximum absolute atomic E-state index is 13.1. The van der Waals surface area contributed by atoms with Crippen LogP contribution >= 0.6 is 34.8 Å². The van der Waals surface area contributed by atoms with E-state index in [0.717, 1.165) is 0 Å². The predicted molar refractivity (Wildman–Crippen MR) is 127 cm³/mol. The number of carbonyl (C=O) groups is 4. The molecule has 5 rings (SSSR count). The van der Waals surface area contributed by atoms with Crippen LogP contribution in [-0.2, 0) is 19.1 Å². The zero-order chi connectivity index (χ0) is 24.1. The molecule has 6 atom stereocenters. The summed E-state index contributed by atoms with van der Waals surface area (Å²) < 4.78 is 5.06. The van der Waals surface area contributed by atoms with Crippen LogP contribution in [-0.4, -0.2) is 41.1 Å². The van der Waals surface area contributed by atoms with Crippen LogP contribution in [0, 0.1) is 23.7 Å². The van der Waals surface area contributed by atoms with E-state index in [1.165, 1.54) is 29.2 Å². The third-order valence-corrected chi connectivity index (χ3v) is 8.35. The van der Waals surface area contributed by atoms with Gasteiger partial charge in [-0.15, -0.1) is 23.2 Å². The summed E-state index contributed by atoms with van der Waals surface area (Å²) in [6.07, 6.45) is 0.693. The monoisotopic (exact) mass is 520 g/mol. The molecule has 1 N–H and O–H groups in total. The van der Waals surface area contributed by atoms with Gasteiger partial charge in [0.25, 0.3) is 5.91 Å². The number of alkyl halides is 2. The highest BCUT2D eigenvalue weighted by Gasteiger charge is 2.66. The Morgan fingerprint density at radius 1 is 0.971 bits per heavy atom. The highest BCUT2D eigenvalue weighted by molar-refractivity contribution is 6.32. The predicted octanol–water partition coefficient (Wildman–Crippen LogP) is 4.11. The van der Waals surface area contributed by atoms with Crippen molar-refractivity contribution in [3.63, 3.8) is 0 Å². The molecule has 0 spiro atoms. The zero-order valence-corrected chi connectivity index (χ0v) is 19.9.